The molecule has 1 aromatic heterocycles. The predicted octanol–water partition coefficient (Wildman–Crippen LogP) is 4.74. The summed E-state index contributed by atoms with van der Waals surface area (Å²) in [7, 11) is 3.27. The van der Waals surface area contributed by atoms with Crippen molar-refractivity contribution in [1.29, 1.82) is 0 Å². The molecule has 0 spiro atoms. The summed E-state index contributed by atoms with van der Waals surface area (Å²) >= 11 is 3.11. The van der Waals surface area contributed by atoms with E-state index in [0.717, 1.165) is 32.2 Å². The zero-order valence-electron chi connectivity index (χ0n) is 14.9. The Morgan fingerprint density at radius 3 is 2.62 bits per heavy atom. The highest BCUT2D eigenvalue weighted by molar-refractivity contribution is 7.99. The number of benzene rings is 2. The third-order valence-corrected chi connectivity index (χ3v) is 5.95. The summed E-state index contributed by atoms with van der Waals surface area (Å²) in [5, 5.41) is 3.50. The van der Waals surface area contributed by atoms with Gasteiger partial charge in [0.15, 0.2) is 5.13 Å². The second kappa shape index (κ2) is 8.42. The highest BCUT2D eigenvalue weighted by Crippen LogP contribution is 2.34. The van der Waals surface area contributed by atoms with Crippen molar-refractivity contribution in [2.24, 2.45) is 0 Å². The molecular formula is C19H20N2O3S2. The lowest BCUT2D eigenvalue weighted by Gasteiger charge is -2.04. The molecule has 0 unspecified atom stereocenters. The summed E-state index contributed by atoms with van der Waals surface area (Å²) in [4.78, 5) is 17.8. The van der Waals surface area contributed by atoms with Gasteiger partial charge in [-0.25, -0.2) is 4.98 Å². The second-order valence-corrected chi connectivity index (χ2v) is 7.77. The molecule has 0 radical (unpaired) electrons. The lowest BCUT2D eigenvalue weighted by molar-refractivity contribution is -0.115. The van der Waals surface area contributed by atoms with Crippen LogP contribution in [0.1, 0.15) is 12.0 Å². The lowest BCUT2D eigenvalue weighted by atomic mass is 10.2. The van der Waals surface area contributed by atoms with Gasteiger partial charge in [0, 0.05) is 17.1 Å². The van der Waals surface area contributed by atoms with E-state index in [0.29, 0.717) is 17.3 Å². The maximum Gasteiger partial charge on any atom is 0.226 e. The fourth-order valence-electron chi connectivity index (χ4n) is 2.44. The van der Waals surface area contributed by atoms with Crippen LogP contribution < -0.4 is 14.8 Å². The molecule has 2 aromatic carbocycles. The molecule has 1 amide bonds. The Bertz CT molecular complexity index is 907. The van der Waals surface area contributed by atoms with Gasteiger partial charge < -0.3 is 14.8 Å². The molecular weight excluding hydrogens is 368 g/mol. The van der Waals surface area contributed by atoms with Crippen molar-refractivity contribution in [3.05, 3.63) is 42.0 Å². The topological polar surface area (TPSA) is 60.5 Å². The van der Waals surface area contributed by atoms with Crippen molar-refractivity contribution in [3.8, 4) is 11.5 Å². The largest absolute Gasteiger partial charge is 0.497 e. The number of fused-ring (bicyclic) bond motifs is 1. The first-order chi connectivity index (χ1) is 12.6. The number of thiazole rings is 1. The van der Waals surface area contributed by atoms with Crippen molar-refractivity contribution >= 4 is 44.4 Å². The fourth-order valence-corrected chi connectivity index (χ4v) is 4.26. The number of aryl methyl sites for hydroxylation is 1. The van der Waals surface area contributed by atoms with Gasteiger partial charge in [0.25, 0.3) is 0 Å². The number of anilines is 1. The minimum Gasteiger partial charge on any atom is -0.497 e. The summed E-state index contributed by atoms with van der Waals surface area (Å²) in [5.74, 6) is 2.21. The first-order valence-electron chi connectivity index (χ1n) is 8.11. The number of carbonyl (C=O) groups excluding carboxylic acids is 1. The van der Waals surface area contributed by atoms with E-state index in [1.54, 1.807) is 26.0 Å². The first kappa shape index (κ1) is 18.5. The number of amides is 1. The van der Waals surface area contributed by atoms with Crippen LogP contribution in [-0.4, -0.2) is 30.9 Å². The monoisotopic (exact) mass is 388 g/mol. The number of hydrogen-bond acceptors (Lipinski definition) is 6. The molecule has 7 heteroatoms. The van der Waals surface area contributed by atoms with Crippen LogP contribution in [0.3, 0.4) is 0 Å². The first-order valence-corrected chi connectivity index (χ1v) is 9.91. The van der Waals surface area contributed by atoms with Gasteiger partial charge in [0.2, 0.25) is 5.91 Å². The van der Waals surface area contributed by atoms with Gasteiger partial charge in [-0.1, -0.05) is 17.4 Å². The minimum absolute atomic E-state index is 0.0401. The van der Waals surface area contributed by atoms with Crippen LogP contribution >= 0.6 is 23.1 Å². The Hall–Kier alpha value is -2.25. The van der Waals surface area contributed by atoms with Gasteiger partial charge >= 0.3 is 0 Å². The zero-order chi connectivity index (χ0) is 18.5. The van der Waals surface area contributed by atoms with Crippen LogP contribution in [0, 0.1) is 6.92 Å². The van der Waals surface area contributed by atoms with Crippen LogP contribution in [-0.2, 0) is 4.79 Å². The van der Waals surface area contributed by atoms with Gasteiger partial charge in [-0.05, 0) is 42.8 Å². The summed E-state index contributed by atoms with van der Waals surface area (Å²) in [6, 6.07) is 11.7. The van der Waals surface area contributed by atoms with Gasteiger partial charge in [-0.2, -0.15) is 0 Å². The molecule has 0 aliphatic carbocycles. The van der Waals surface area contributed by atoms with Crippen molar-refractivity contribution < 1.29 is 14.3 Å². The van der Waals surface area contributed by atoms with E-state index >= 15 is 0 Å². The number of rotatable bonds is 7. The number of methoxy groups -OCH3 is 2. The highest BCUT2D eigenvalue weighted by Gasteiger charge is 2.13. The van der Waals surface area contributed by atoms with E-state index in [2.05, 4.69) is 10.3 Å². The van der Waals surface area contributed by atoms with Crippen LogP contribution in [0.25, 0.3) is 10.2 Å². The Kier molecular flexibility index (Phi) is 6.00. The van der Waals surface area contributed by atoms with Crippen molar-refractivity contribution in [3.63, 3.8) is 0 Å². The SMILES string of the molecule is COc1ccc(SCCC(=O)Nc2nc3c(OC)ccc(C)c3s2)cc1. The number of thioether (sulfide) groups is 1. The number of aromatic nitrogens is 1. The lowest BCUT2D eigenvalue weighted by Crippen LogP contribution is -2.11. The average molecular weight is 389 g/mol. The van der Waals surface area contributed by atoms with Crippen LogP contribution in [0.2, 0.25) is 0 Å². The second-order valence-electron chi connectivity index (χ2n) is 5.60. The molecule has 0 bridgehead atoms. The molecule has 3 rings (SSSR count). The van der Waals surface area contributed by atoms with E-state index in [1.807, 2.05) is 43.3 Å². The Morgan fingerprint density at radius 2 is 1.92 bits per heavy atom. The molecule has 0 saturated carbocycles. The summed E-state index contributed by atoms with van der Waals surface area (Å²) in [6.45, 7) is 2.02. The Balaban J connectivity index is 1.57. The smallest absolute Gasteiger partial charge is 0.226 e. The van der Waals surface area contributed by atoms with Crippen LogP contribution in [0.15, 0.2) is 41.3 Å². The predicted molar refractivity (Wildman–Crippen MR) is 108 cm³/mol. The molecule has 1 heterocycles. The highest BCUT2D eigenvalue weighted by atomic mass is 32.2. The maximum atomic E-state index is 12.2. The maximum absolute atomic E-state index is 12.2. The Morgan fingerprint density at radius 1 is 1.15 bits per heavy atom. The van der Waals surface area contributed by atoms with Gasteiger partial charge in [-0.3, -0.25) is 4.79 Å². The number of nitrogens with one attached hydrogen (secondary N) is 1. The molecule has 0 fully saturated rings. The molecule has 1 N–H and O–H groups in total. The number of hydrogen-bond donors (Lipinski definition) is 1. The van der Waals surface area contributed by atoms with E-state index in [-0.39, 0.29) is 5.91 Å². The average Bonchev–Trinajstić information content (AvgIpc) is 3.07. The summed E-state index contributed by atoms with van der Waals surface area (Å²) in [5.41, 5.74) is 1.91. The van der Waals surface area contributed by atoms with Crippen molar-refractivity contribution in [2.45, 2.75) is 18.2 Å². The number of ether oxygens (including phenoxy) is 2. The summed E-state index contributed by atoms with van der Waals surface area (Å²) < 4.78 is 11.5. The molecule has 0 aliphatic rings. The molecule has 5 nitrogen and oxygen atoms in total. The van der Waals surface area contributed by atoms with Crippen LogP contribution in [0.5, 0.6) is 11.5 Å². The standard InChI is InChI=1S/C19H20N2O3S2/c1-12-4-9-15(24-3)17-18(12)26-19(21-17)20-16(22)10-11-25-14-7-5-13(23-2)6-8-14/h4-9H,10-11H2,1-3H3,(H,20,21,22). The molecule has 0 saturated heterocycles. The van der Waals surface area contributed by atoms with Crippen molar-refractivity contribution in [1.82, 2.24) is 4.98 Å². The zero-order valence-corrected chi connectivity index (χ0v) is 16.5. The molecule has 136 valence electrons. The van der Waals surface area contributed by atoms with Crippen LogP contribution in [0.4, 0.5) is 5.13 Å². The van der Waals surface area contributed by atoms with E-state index in [1.165, 1.54) is 11.3 Å². The minimum atomic E-state index is -0.0401. The van der Waals surface area contributed by atoms with Gasteiger partial charge in [0.05, 0.1) is 18.9 Å². The fraction of sp³-hybridized carbons (Fsp3) is 0.263. The number of carbonyl (C=O) groups is 1. The third-order valence-electron chi connectivity index (χ3n) is 3.83. The molecule has 0 atom stereocenters. The van der Waals surface area contributed by atoms with Crippen molar-refractivity contribution in [2.75, 3.05) is 25.3 Å². The van der Waals surface area contributed by atoms with Gasteiger partial charge in [0.1, 0.15) is 17.0 Å². The number of nitrogens with zero attached hydrogens (tertiary/aromatic N) is 1. The molecule has 26 heavy (non-hydrogen) atoms. The Labute approximate surface area is 160 Å². The third kappa shape index (κ3) is 4.28. The molecule has 3 aromatic rings. The summed E-state index contributed by atoms with van der Waals surface area (Å²) in [6.07, 6.45) is 0.419. The van der Waals surface area contributed by atoms with E-state index in [4.69, 9.17) is 9.47 Å². The van der Waals surface area contributed by atoms with E-state index in [9.17, 15) is 4.79 Å². The van der Waals surface area contributed by atoms with E-state index < -0.39 is 0 Å². The van der Waals surface area contributed by atoms with Gasteiger partial charge in [-0.15, -0.1) is 11.8 Å². The quantitative estimate of drug-likeness (QED) is 0.592. The molecule has 0 aliphatic heterocycles. The normalized spacial score (nSPS) is 10.7.